The number of nitrogens with zero attached hydrogens (tertiary/aromatic N) is 2. The molecular formula is C13H28N4OS. The highest BCUT2D eigenvalue weighted by Gasteiger charge is 2.09. The number of nitrogens with one attached hydrogen (secondary N) is 2. The molecule has 1 unspecified atom stereocenters. The summed E-state index contributed by atoms with van der Waals surface area (Å²) in [7, 11) is 0. The van der Waals surface area contributed by atoms with Crippen molar-refractivity contribution in [1.82, 2.24) is 15.5 Å². The van der Waals surface area contributed by atoms with Crippen LogP contribution in [0.25, 0.3) is 0 Å². The number of hydrogen-bond donors (Lipinski definition) is 2. The van der Waals surface area contributed by atoms with Crippen molar-refractivity contribution in [2.75, 3.05) is 58.7 Å². The predicted octanol–water partition coefficient (Wildman–Crippen LogP) is 0.625. The molecule has 1 heterocycles. The molecule has 112 valence electrons. The molecule has 1 aliphatic rings. The molecule has 1 saturated heterocycles. The lowest BCUT2D eigenvalue weighted by Crippen LogP contribution is -2.44. The van der Waals surface area contributed by atoms with Gasteiger partial charge in [0.25, 0.3) is 0 Å². The Labute approximate surface area is 121 Å². The minimum absolute atomic E-state index is 0.565. The minimum atomic E-state index is 0.565. The van der Waals surface area contributed by atoms with Crippen molar-refractivity contribution in [2.24, 2.45) is 4.99 Å². The molecule has 19 heavy (non-hydrogen) atoms. The van der Waals surface area contributed by atoms with Gasteiger partial charge in [0.2, 0.25) is 0 Å². The van der Waals surface area contributed by atoms with Gasteiger partial charge in [0.05, 0.1) is 19.8 Å². The average Bonchev–Trinajstić information content (AvgIpc) is 2.45. The maximum absolute atomic E-state index is 5.34. The number of guanidine groups is 1. The number of aliphatic imine (C=N–C) groups is 1. The second kappa shape index (κ2) is 10.3. The Bertz CT molecular complexity index is 257. The number of ether oxygens (including phenoxy) is 1. The van der Waals surface area contributed by atoms with E-state index in [9.17, 15) is 0 Å². The lowest BCUT2D eigenvalue weighted by atomic mass is 10.4. The second-order valence-electron chi connectivity index (χ2n) is 4.65. The maximum atomic E-state index is 5.34. The summed E-state index contributed by atoms with van der Waals surface area (Å²) in [5, 5.41) is 7.25. The highest BCUT2D eigenvalue weighted by molar-refractivity contribution is 7.99. The van der Waals surface area contributed by atoms with Crippen molar-refractivity contribution in [1.29, 1.82) is 0 Å². The smallest absolute Gasteiger partial charge is 0.191 e. The minimum Gasteiger partial charge on any atom is -0.379 e. The van der Waals surface area contributed by atoms with Crippen molar-refractivity contribution in [3.63, 3.8) is 0 Å². The van der Waals surface area contributed by atoms with Crippen molar-refractivity contribution in [2.45, 2.75) is 19.1 Å². The fraction of sp³-hybridized carbons (Fsp3) is 0.923. The Morgan fingerprint density at radius 3 is 2.74 bits per heavy atom. The molecule has 0 spiro atoms. The average molecular weight is 288 g/mol. The van der Waals surface area contributed by atoms with Gasteiger partial charge in [0.1, 0.15) is 0 Å². The first-order valence-electron chi connectivity index (χ1n) is 7.11. The van der Waals surface area contributed by atoms with Gasteiger partial charge < -0.3 is 15.4 Å². The summed E-state index contributed by atoms with van der Waals surface area (Å²) in [6, 6.07) is 0. The van der Waals surface area contributed by atoms with Crippen LogP contribution in [0.3, 0.4) is 0 Å². The van der Waals surface area contributed by atoms with Gasteiger partial charge >= 0.3 is 0 Å². The predicted molar refractivity (Wildman–Crippen MR) is 84.2 cm³/mol. The number of hydrogen-bond acceptors (Lipinski definition) is 4. The highest BCUT2D eigenvalue weighted by atomic mass is 32.2. The molecule has 2 N–H and O–H groups in total. The molecule has 0 aromatic carbocycles. The van der Waals surface area contributed by atoms with Gasteiger partial charge in [-0.05, 0) is 13.2 Å². The van der Waals surface area contributed by atoms with E-state index in [1.54, 1.807) is 0 Å². The van der Waals surface area contributed by atoms with Crippen LogP contribution >= 0.6 is 11.8 Å². The molecule has 1 fully saturated rings. The first-order valence-corrected chi connectivity index (χ1v) is 8.40. The van der Waals surface area contributed by atoms with E-state index >= 15 is 0 Å². The van der Waals surface area contributed by atoms with E-state index in [1.807, 2.05) is 11.8 Å². The van der Waals surface area contributed by atoms with Gasteiger partial charge in [0, 0.05) is 38.0 Å². The zero-order valence-electron chi connectivity index (χ0n) is 12.4. The van der Waals surface area contributed by atoms with Crippen LogP contribution in [0, 0.1) is 0 Å². The third kappa shape index (κ3) is 7.64. The van der Waals surface area contributed by atoms with E-state index in [0.29, 0.717) is 5.25 Å². The quantitative estimate of drug-likeness (QED) is 0.531. The summed E-state index contributed by atoms with van der Waals surface area (Å²) in [6.45, 7) is 11.8. The van der Waals surface area contributed by atoms with Crippen molar-refractivity contribution < 1.29 is 4.74 Å². The van der Waals surface area contributed by atoms with Gasteiger partial charge in [-0.1, -0.05) is 6.92 Å². The van der Waals surface area contributed by atoms with Gasteiger partial charge in [-0.2, -0.15) is 11.8 Å². The third-order valence-corrected chi connectivity index (χ3v) is 4.03. The van der Waals surface area contributed by atoms with E-state index < -0.39 is 0 Å². The van der Waals surface area contributed by atoms with Crippen LogP contribution < -0.4 is 10.6 Å². The highest BCUT2D eigenvalue weighted by Crippen LogP contribution is 2.04. The third-order valence-electron chi connectivity index (χ3n) is 3.08. The van der Waals surface area contributed by atoms with Gasteiger partial charge in [-0.25, -0.2) is 0 Å². The summed E-state index contributed by atoms with van der Waals surface area (Å²) in [6.07, 6.45) is 2.12. The molecule has 0 amide bonds. The standard InChI is InChI=1S/C13H28N4OS/c1-4-14-13(16-11-12(2)19-3)15-5-6-17-7-9-18-10-8-17/h12H,4-11H2,1-3H3,(H2,14,15,16). The molecular weight excluding hydrogens is 260 g/mol. The molecule has 5 nitrogen and oxygen atoms in total. The van der Waals surface area contributed by atoms with E-state index in [1.165, 1.54) is 0 Å². The van der Waals surface area contributed by atoms with Crippen LogP contribution in [0.4, 0.5) is 0 Å². The fourth-order valence-corrected chi connectivity index (χ4v) is 2.02. The summed E-state index contributed by atoms with van der Waals surface area (Å²) < 4.78 is 5.34. The molecule has 0 bridgehead atoms. The summed E-state index contributed by atoms with van der Waals surface area (Å²) >= 11 is 1.85. The SMILES string of the molecule is CCNC(=NCC(C)SC)NCCN1CCOCC1. The van der Waals surface area contributed by atoms with Crippen molar-refractivity contribution in [3.8, 4) is 0 Å². The van der Waals surface area contributed by atoms with E-state index in [2.05, 4.69) is 40.6 Å². The maximum Gasteiger partial charge on any atom is 0.191 e. The van der Waals surface area contributed by atoms with Crippen molar-refractivity contribution >= 4 is 17.7 Å². The molecule has 0 aromatic heterocycles. The molecule has 0 saturated carbocycles. The number of rotatable bonds is 7. The Balaban J connectivity index is 2.23. The Morgan fingerprint density at radius 1 is 1.37 bits per heavy atom. The zero-order chi connectivity index (χ0) is 13.9. The first-order chi connectivity index (χ1) is 9.26. The van der Waals surface area contributed by atoms with E-state index in [-0.39, 0.29) is 0 Å². The number of morpholine rings is 1. The summed E-state index contributed by atoms with van der Waals surface area (Å²) in [5.74, 6) is 0.927. The summed E-state index contributed by atoms with van der Waals surface area (Å²) in [5.41, 5.74) is 0. The Morgan fingerprint density at radius 2 is 2.11 bits per heavy atom. The molecule has 0 aromatic rings. The van der Waals surface area contributed by atoms with Crippen LogP contribution in [0.15, 0.2) is 4.99 Å². The molecule has 1 aliphatic heterocycles. The second-order valence-corrected chi connectivity index (χ2v) is 5.92. The molecule has 1 atom stereocenters. The van der Waals surface area contributed by atoms with Crippen LogP contribution in [0.5, 0.6) is 0 Å². The van der Waals surface area contributed by atoms with Gasteiger partial charge in [-0.3, -0.25) is 9.89 Å². The van der Waals surface area contributed by atoms with Crippen LogP contribution in [-0.2, 0) is 4.74 Å². The van der Waals surface area contributed by atoms with E-state index in [0.717, 1.165) is 58.4 Å². The molecule has 0 aliphatic carbocycles. The molecule has 0 radical (unpaired) electrons. The first kappa shape index (κ1) is 16.6. The zero-order valence-corrected chi connectivity index (χ0v) is 13.3. The normalized spacial score (nSPS) is 19.2. The Hall–Kier alpha value is -0.460. The monoisotopic (exact) mass is 288 g/mol. The van der Waals surface area contributed by atoms with Gasteiger partial charge in [-0.15, -0.1) is 0 Å². The van der Waals surface area contributed by atoms with Crippen molar-refractivity contribution in [3.05, 3.63) is 0 Å². The molecule has 6 heteroatoms. The van der Waals surface area contributed by atoms with Crippen LogP contribution in [0.1, 0.15) is 13.8 Å². The summed E-state index contributed by atoms with van der Waals surface area (Å²) in [4.78, 5) is 7.02. The van der Waals surface area contributed by atoms with E-state index in [4.69, 9.17) is 4.74 Å². The van der Waals surface area contributed by atoms with Gasteiger partial charge in [0.15, 0.2) is 5.96 Å². The van der Waals surface area contributed by atoms with Crippen LogP contribution in [-0.4, -0.2) is 74.8 Å². The van der Waals surface area contributed by atoms with Crippen LogP contribution in [0.2, 0.25) is 0 Å². The molecule has 1 rings (SSSR count). The number of thioether (sulfide) groups is 1. The lowest BCUT2D eigenvalue weighted by Gasteiger charge is -2.26. The topological polar surface area (TPSA) is 48.9 Å². The fourth-order valence-electron chi connectivity index (χ4n) is 1.79. The Kier molecular flexibility index (Phi) is 9.03. The largest absolute Gasteiger partial charge is 0.379 e. The lowest BCUT2D eigenvalue weighted by molar-refractivity contribution is 0.0389.